The Labute approximate surface area is 108 Å². The molecule has 0 saturated heterocycles. The molecule has 1 atom stereocenters. The van der Waals surface area contributed by atoms with Gasteiger partial charge in [0.1, 0.15) is 10.6 Å². The fraction of sp³-hybridized carbons (Fsp3) is 0.615. The average molecular weight is 254 g/mol. The summed E-state index contributed by atoms with van der Waals surface area (Å²) in [4.78, 5) is 4.46. The largest absolute Gasteiger partial charge is 0.470 e. The van der Waals surface area contributed by atoms with Gasteiger partial charge < -0.3 is 10.5 Å². The molecule has 0 amide bonds. The first-order valence-electron chi connectivity index (χ1n) is 5.94. The predicted molar refractivity (Wildman–Crippen MR) is 74.6 cm³/mol. The van der Waals surface area contributed by atoms with Crippen molar-refractivity contribution in [3.8, 4) is 5.88 Å². The minimum atomic E-state index is -0.277. The van der Waals surface area contributed by atoms with Crippen molar-refractivity contribution in [1.29, 1.82) is 0 Å². The van der Waals surface area contributed by atoms with E-state index in [1.165, 1.54) is 0 Å². The summed E-state index contributed by atoms with van der Waals surface area (Å²) < 4.78 is 5.74. The van der Waals surface area contributed by atoms with E-state index in [2.05, 4.69) is 18.8 Å². The molecule has 0 aliphatic carbocycles. The molecule has 1 rings (SSSR count). The quantitative estimate of drug-likeness (QED) is 0.832. The van der Waals surface area contributed by atoms with Gasteiger partial charge in [0.05, 0.1) is 5.69 Å². The van der Waals surface area contributed by atoms with Crippen LogP contribution in [0.25, 0.3) is 0 Å². The van der Waals surface area contributed by atoms with Crippen LogP contribution in [-0.4, -0.2) is 15.8 Å². The number of hydrogen-bond donors (Lipinski definition) is 1. The number of nitrogens with two attached hydrogens (primary N) is 1. The third kappa shape index (κ3) is 4.86. The van der Waals surface area contributed by atoms with E-state index >= 15 is 0 Å². The smallest absolute Gasteiger partial charge is 0.238 e. The molecule has 4 heteroatoms. The van der Waals surface area contributed by atoms with E-state index in [1.54, 1.807) is 11.8 Å². The maximum Gasteiger partial charge on any atom is 0.238 e. The summed E-state index contributed by atoms with van der Waals surface area (Å²) in [5.74, 6) is 0.533. The number of thioether (sulfide) groups is 1. The van der Waals surface area contributed by atoms with Gasteiger partial charge in [0.15, 0.2) is 0 Å². The zero-order valence-corrected chi connectivity index (χ0v) is 12.1. The molecule has 1 heterocycles. The number of pyridine rings is 1. The Balaban J connectivity index is 2.87. The van der Waals surface area contributed by atoms with Gasteiger partial charge in [-0.3, -0.25) is 0 Å². The molecule has 2 N–H and O–H groups in total. The van der Waals surface area contributed by atoms with E-state index in [-0.39, 0.29) is 5.60 Å². The van der Waals surface area contributed by atoms with Gasteiger partial charge in [0, 0.05) is 5.25 Å². The lowest BCUT2D eigenvalue weighted by Crippen LogP contribution is -2.24. The van der Waals surface area contributed by atoms with Crippen LogP contribution in [0.1, 0.15) is 41.0 Å². The molecule has 1 aromatic rings. The molecule has 96 valence electrons. The molecule has 0 radical (unpaired) electrons. The first-order valence-corrected chi connectivity index (χ1v) is 6.82. The molecule has 0 aromatic carbocycles. The van der Waals surface area contributed by atoms with E-state index in [4.69, 9.17) is 10.5 Å². The second-order valence-corrected chi connectivity index (χ2v) is 6.55. The van der Waals surface area contributed by atoms with Gasteiger partial charge in [-0.2, -0.15) is 0 Å². The fourth-order valence-electron chi connectivity index (χ4n) is 1.16. The van der Waals surface area contributed by atoms with Crippen LogP contribution in [0, 0.1) is 0 Å². The van der Waals surface area contributed by atoms with Crippen molar-refractivity contribution in [3.63, 3.8) is 0 Å². The second-order valence-electron chi connectivity index (χ2n) is 5.10. The second kappa shape index (κ2) is 5.63. The lowest BCUT2D eigenvalue weighted by molar-refractivity contribution is 0.124. The van der Waals surface area contributed by atoms with Crippen molar-refractivity contribution < 1.29 is 4.74 Å². The first-order chi connectivity index (χ1) is 7.81. The van der Waals surface area contributed by atoms with E-state index in [9.17, 15) is 0 Å². The maximum atomic E-state index is 5.86. The summed E-state index contributed by atoms with van der Waals surface area (Å²) in [7, 11) is 0. The van der Waals surface area contributed by atoms with E-state index < -0.39 is 0 Å². The monoisotopic (exact) mass is 254 g/mol. The summed E-state index contributed by atoms with van der Waals surface area (Å²) in [5.41, 5.74) is 6.18. The highest BCUT2D eigenvalue weighted by Gasteiger charge is 2.16. The van der Waals surface area contributed by atoms with Gasteiger partial charge >= 0.3 is 0 Å². The molecule has 1 unspecified atom stereocenters. The summed E-state index contributed by atoms with van der Waals surface area (Å²) in [6.07, 6.45) is 1.12. The summed E-state index contributed by atoms with van der Waals surface area (Å²) in [6, 6.07) is 3.81. The van der Waals surface area contributed by atoms with Crippen molar-refractivity contribution in [2.75, 3.05) is 5.73 Å². The molecule has 0 aliphatic heterocycles. The topological polar surface area (TPSA) is 48.1 Å². The Morgan fingerprint density at radius 2 is 2.06 bits per heavy atom. The Kier molecular flexibility index (Phi) is 4.69. The number of aromatic nitrogens is 1. The third-order valence-electron chi connectivity index (χ3n) is 2.16. The van der Waals surface area contributed by atoms with Gasteiger partial charge in [0.25, 0.3) is 0 Å². The van der Waals surface area contributed by atoms with Crippen molar-refractivity contribution in [1.82, 2.24) is 4.98 Å². The van der Waals surface area contributed by atoms with Gasteiger partial charge in [0.2, 0.25) is 5.88 Å². The predicted octanol–water partition coefficient (Wildman–Crippen LogP) is 3.73. The number of nitrogens with zero attached hydrogens (tertiary/aromatic N) is 1. The number of nitrogen functional groups attached to an aromatic ring is 1. The molecular weight excluding hydrogens is 232 g/mol. The molecule has 17 heavy (non-hydrogen) atoms. The minimum absolute atomic E-state index is 0.277. The van der Waals surface area contributed by atoms with E-state index in [0.29, 0.717) is 16.8 Å². The van der Waals surface area contributed by atoms with Crippen LogP contribution in [0.4, 0.5) is 5.69 Å². The molecule has 0 spiro atoms. The Morgan fingerprint density at radius 1 is 1.41 bits per heavy atom. The van der Waals surface area contributed by atoms with Crippen LogP contribution < -0.4 is 10.5 Å². The van der Waals surface area contributed by atoms with Crippen LogP contribution in [0.5, 0.6) is 5.88 Å². The third-order valence-corrected chi connectivity index (χ3v) is 3.37. The summed E-state index contributed by atoms with van der Waals surface area (Å²) in [5, 5.41) is 1.52. The highest BCUT2D eigenvalue weighted by atomic mass is 32.2. The fourth-order valence-corrected chi connectivity index (χ4v) is 2.02. The van der Waals surface area contributed by atoms with E-state index in [1.807, 2.05) is 32.9 Å². The Morgan fingerprint density at radius 3 is 2.59 bits per heavy atom. The number of rotatable bonds is 4. The highest BCUT2D eigenvalue weighted by Crippen LogP contribution is 2.29. The van der Waals surface area contributed by atoms with Gasteiger partial charge in [-0.25, -0.2) is 4.98 Å². The normalized spacial score (nSPS) is 13.5. The zero-order chi connectivity index (χ0) is 13.1. The lowest BCUT2D eigenvalue weighted by Gasteiger charge is -2.21. The zero-order valence-electron chi connectivity index (χ0n) is 11.3. The molecule has 0 saturated carbocycles. The summed E-state index contributed by atoms with van der Waals surface area (Å²) >= 11 is 1.75. The van der Waals surface area contributed by atoms with Gasteiger partial charge in [-0.05, 0) is 39.3 Å². The van der Waals surface area contributed by atoms with Crippen molar-refractivity contribution in [2.45, 2.75) is 56.9 Å². The SMILES string of the molecule is CCC(C)Sc1ccc(N)c(OC(C)(C)C)n1. The van der Waals surface area contributed by atoms with Gasteiger partial charge in [-0.15, -0.1) is 11.8 Å². The molecule has 0 aliphatic rings. The lowest BCUT2D eigenvalue weighted by atomic mass is 10.2. The number of ether oxygens (including phenoxy) is 1. The maximum absolute atomic E-state index is 5.86. The minimum Gasteiger partial charge on any atom is -0.470 e. The summed E-state index contributed by atoms with van der Waals surface area (Å²) in [6.45, 7) is 10.3. The molecule has 1 aromatic heterocycles. The number of hydrogen-bond acceptors (Lipinski definition) is 4. The average Bonchev–Trinajstić information content (AvgIpc) is 2.21. The van der Waals surface area contributed by atoms with Crippen LogP contribution in [0.2, 0.25) is 0 Å². The molecule has 3 nitrogen and oxygen atoms in total. The van der Waals surface area contributed by atoms with Crippen molar-refractivity contribution >= 4 is 17.4 Å². The Hall–Kier alpha value is -0.900. The van der Waals surface area contributed by atoms with Crippen LogP contribution in [0.3, 0.4) is 0 Å². The molecular formula is C13H22N2OS. The standard InChI is InChI=1S/C13H22N2OS/c1-6-9(2)17-11-8-7-10(14)12(15-11)16-13(3,4)5/h7-9H,6,14H2,1-5H3. The highest BCUT2D eigenvalue weighted by molar-refractivity contribution is 7.99. The Bertz CT molecular complexity index is 374. The molecule has 0 fully saturated rings. The van der Waals surface area contributed by atoms with Crippen LogP contribution >= 0.6 is 11.8 Å². The van der Waals surface area contributed by atoms with Gasteiger partial charge in [-0.1, -0.05) is 13.8 Å². The van der Waals surface area contributed by atoms with Crippen molar-refractivity contribution in [2.24, 2.45) is 0 Å². The first kappa shape index (κ1) is 14.2. The number of anilines is 1. The van der Waals surface area contributed by atoms with E-state index in [0.717, 1.165) is 11.4 Å². The van der Waals surface area contributed by atoms with Crippen molar-refractivity contribution in [3.05, 3.63) is 12.1 Å². The molecule has 0 bridgehead atoms. The van der Waals surface area contributed by atoms with Crippen LogP contribution in [-0.2, 0) is 0 Å². The van der Waals surface area contributed by atoms with Crippen LogP contribution in [0.15, 0.2) is 17.2 Å².